The summed E-state index contributed by atoms with van der Waals surface area (Å²) in [6.45, 7) is 2.75. The summed E-state index contributed by atoms with van der Waals surface area (Å²) in [6.07, 6.45) is 0. The van der Waals surface area contributed by atoms with Crippen LogP contribution in [0.3, 0.4) is 0 Å². The molecule has 98 valence electrons. The molecule has 0 bridgehead atoms. The Morgan fingerprint density at radius 1 is 1.26 bits per heavy atom. The minimum atomic E-state index is 0.450. The summed E-state index contributed by atoms with van der Waals surface area (Å²) in [7, 11) is 1.65. The highest BCUT2D eigenvalue weighted by Crippen LogP contribution is 2.17. The number of benzene rings is 1. The summed E-state index contributed by atoms with van der Waals surface area (Å²) in [5.74, 6) is 2.05. The van der Waals surface area contributed by atoms with E-state index >= 15 is 0 Å². The predicted molar refractivity (Wildman–Crippen MR) is 68.6 cm³/mol. The van der Waals surface area contributed by atoms with Gasteiger partial charge in [0.2, 0.25) is 5.89 Å². The second kappa shape index (κ2) is 4.81. The maximum atomic E-state index is 5.19. The van der Waals surface area contributed by atoms with E-state index in [-0.39, 0.29) is 0 Å². The molecule has 1 aromatic carbocycles. The summed E-state index contributed by atoms with van der Waals surface area (Å²) in [6, 6.07) is 7.95. The molecule has 0 unspecified atom stereocenters. The van der Waals surface area contributed by atoms with Crippen LogP contribution in [-0.2, 0) is 17.9 Å². The number of methoxy groups -OCH3 is 1. The summed E-state index contributed by atoms with van der Waals surface area (Å²) in [5, 5.41) is 3.92. The van der Waals surface area contributed by atoms with E-state index in [0.717, 1.165) is 16.9 Å². The van der Waals surface area contributed by atoms with Crippen molar-refractivity contribution in [1.82, 2.24) is 19.7 Å². The normalized spacial score (nSPS) is 11.3. The lowest BCUT2D eigenvalue weighted by atomic mass is 10.3. The van der Waals surface area contributed by atoms with Gasteiger partial charge in [0.1, 0.15) is 12.4 Å². The van der Waals surface area contributed by atoms with Gasteiger partial charge in [-0.05, 0) is 12.1 Å². The molecular weight excluding hydrogens is 244 g/mol. The zero-order chi connectivity index (χ0) is 13.2. The molecule has 6 heteroatoms. The van der Waals surface area contributed by atoms with E-state index in [1.54, 1.807) is 14.0 Å². The van der Waals surface area contributed by atoms with E-state index < -0.39 is 0 Å². The van der Waals surface area contributed by atoms with E-state index in [4.69, 9.17) is 9.26 Å². The lowest BCUT2D eigenvalue weighted by Crippen LogP contribution is -2.07. The summed E-state index contributed by atoms with van der Waals surface area (Å²) < 4.78 is 12.2. The van der Waals surface area contributed by atoms with Gasteiger partial charge in [0.15, 0.2) is 5.82 Å². The molecule has 0 amide bonds. The smallest absolute Gasteiger partial charge is 0.223 e. The van der Waals surface area contributed by atoms with Crippen molar-refractivity contribution in [3.05, 3.63) is 41.8 Å². The van der Waals surface area contributed by atoms with Gasteiger partial charge >= 0.3 is 0 Å². The highest BCUT2D eigenvalue weighted by molar-refractivity contribution is 5.75. The second-order valence-corrected chi connectivity index (χ2v) is 4.27. The largest absolute Gasteiger partial charge is 0.377 e. The van der Waals surface area contributed by atoms with Crippen LogP contribution in [0, 0.1) is 6.92 Å². The van der Waals surface area contributed by atoms with Crippen molar-refractivity contribution in [2.75, 3.05) is 7.11 Å². The lowest BCUT2D eigenvalue weighted by Gasteiger charge is -2.05. The maximum absolute atomic E-state index is 5.19. The third-order valence-electron chi connectivity index (χ3n) is 2.88. The molecule has 0 N–H and O–H groups in total. The van der Waals surface area contributed by atoms with Crippen molar-refractivity contribution in [3.8, 4) is 0 Å². The third kappa shape index (κ3) is 2.22. The molecule has 0 fully saturated rings. The number of fused-ring (bicyclic) bond motifs is 1. The fourth-order valence-electron chi connectivity index (χ4n) is 2.09. The summed E-state index contributed by atoms with van der Waals surface area (Å²) >= 11 is 0. The summed E-state index contributed by atoms with van der Waals surface area (Å²) in [4.78, 5) is 8.78. The van der Waals surface area contributed by atoms with E-state index in [2.05, 4.69) is 15.1 Å². The number of ether oxygens (including phenoxy) is 1. The van der Waals surface area contributed by atoms with Crippen molar-refractivity contribution in [3.63, 3.8) is 0 Å². The predicted octanol–water partition coefficient (Wildman–Crippen LogP) is 1.92. The van der Waals surface area contributed by atoms with Gasteiger partial charge in [-0.3, -0.25) is 0 Å². The molecule has 0 atom stereocenters. The van der Waals surface area contributed by atoms with E-state index in [1.165, 1.54) is 0 Å². The number of imidazole rings is 1. The minimum Gasteiger partial charge on any atom is -0.377 e. The number of aromatic nitrogens is 4. The Hall–Kier alpha value is -2.21. The van der Waals surface area contributed by atoms with E-state index in [1.807, 2.05) is 28.8 Å². The average Bonchev–Trinajstić information content (AvgIpc) is 2.96. The fourth-order valence-corrected chi connectivity index (χ4v) is 2.09. The van der Waals surface area contributed by atoms with Crippen LogP contribution in [0.5, 0.6) is 0 Å². The first-order valence-electron chi connectivity index (χ1n) is 6.00. The lowest BCUT2D eigenvalue weighted by molar-refractivity contribution is 0.175. The average molecular weight is 258 g/mol. The number of nitrogens with zero attached hydrogens (tertiary/aromatic N) is 4. The second-order valence-electron chi connectivity index (χ2n) is 4.27. The van der Waals surface area contributed by atoms with Gasteiger partial charge in [-0.1, -0.05) is 17.3 Å². The van der Waals surface area contributed by atoms with Crippen LogP contribution in [-0.4, -0.2) is 26.8 Å². The first-order chi connectivity index (χ1) is 9.28. The zero-order valence-corrected chi connectivity index (χ0v) is 10.8. The Kier molecular flexibility index (Phi) is 3.00. The van der Waals surface area contributed by atoms with Crippen LogP contribution in [0.4, 0.5) is 0 Å². The number of hydrogen-bond donors (Lipinski definition) is 0. The molecule has 2 heterocycles. The quantitative estimate of drug-likeness (QED) is 0.715. The first kappa shape index (κ1) is 11.9. The van der Waals surface area contributed by atoms with Gasteiger partial charge in [0.25, 0.3) is 0 Å². The van der Waals surface area contributed by atoms with Gasteiger partial charge in [-0.2, -0.15) is 4.98 Å². The van der Waals surface area contributed by atoms with Gasteiger partial charge < -0.3 is 13.8 Å². The van der Waals surface area contributed by atoms with Crippen LogP contribution in [0.1, 0.15) is 17.5 Å². The SMILES string of the molecule is COCc1nc2ccccc2n1Cc1noc(C)n1. The monoisotopic (exact) mass is 258 g/mol. The molecule has 3 aromatic rings. The van der Waals surface area contributed by atoms with Crippen molar-refractivity contribution < 1.29 is 9.26 Å². The molecule has 0 saturated carbocycles. The Morgan fingerprint density at radius 2 is 2.11 bits per heavy atom. The zero-order valence-electron chi connectivity index (χ0n) is 10.8. The van der Waals surface area contributed by atoms with Crippen molar-refractivity contribution in [2.24, 2.45) is 0 Å². The Morgan fingerprint density at radius 3 is 2.84 bits per heavy atom. The molecular formula is C13H14N4O2. The van der Waals surface area contributed by atoms with Crippen molar-refractivity contribution in [2.45, 2.75) is 20.1 Å². The Balaban J connectivity index is 2.06. The van der Waals surface area contributed by atoms with Crippen molar-refractivity contribution in [1.29, 1.82) is 0 Å². The molecule has 6 nitrogen and oxygen atoms in total. The van der Waals surface area contributed by atoms with E-state index in [9.17, 15) is 0 Å². The van der Waals surface area contributed by atoms with Crippen LogP contribution in [0.25, 0.3) is 11.0 Å². The number of rotatable bonds is 4. The number of para-hydroxylation sites is 2. The molecule has 19 heavy (non-hydrogen) atoms. The fraction of sp³-hybridized carbons (Fsp3) is 0.308. The van der Waals surface area contributed by atoms with Crippen LogP contribution in [0.15, 0.2) is 28.8 Å². The van der Waals surface area contributed by atoms with Gasteiger partial charge in [-0.25, -0.2) is 4.98 Å². The van der Waals surface area contributed by atoms with E-state index in [0.29, 0.717) is 24.9 Å². The molecule has 0 aliphatic carbocycles. The minimum absolute atomic E-state index is 0.450. The van der Waals surface area contributed by atoms with Crippen LogP contribution in [0.2, 0.25) is 0 Å². The molecule has 0 aliphatic rings. The highest BCUT2D eigenvalue weighted by Gasteiger charge is 2.12. The molecule has 0 radical (unpaired) electrons. The summed E-state index contributed by atoms with van der Waals surface area (Å²) in [5.41, 5.74) is 1.98. The molecule has 0 spiro atoms. The Bertz CT molecular complexity index is 702. The topological polar surface area (TPSA) is 66.0 Å². The standard InChI is InChI=1S/C13H14N4O2/c1-9-14-12(16-19-9)7-17-11-6-4-3-5-10(11)15-13(17)8-18-2/h3-6H,7-8H2,1-2H3. The Labute approximate surface area is 110 Å². The van der Waals surface area contributed by atoms with Gasteiger partial charge in [0.05, 0.1) is 17.6 Å². The molecule has 3 rings (SSSR count). The first-order valence-corrected chi connectivity index (χ1v) is 6.00. The molecule has 0 saturated heterocycles. The van der Waals surface area contributed by atoms with Gasteiger partial charge in [0, 0.05) is 14.0 Å². The van der Waals surface area contributed by atoms with Crippen LogP contribution < -0.4 is 0 Å². The molecule has 0 aliphatic heterocycles. The number of hydrogen-bond acceptors (Lipinski definition) is 5. The highest BCUT2D eigenvalue weighted by atomic mass is 16.5. The van der Waals surface area contributed by atoms with Gasteiger partial charge in [-0.15, -0.1) is 0 Å². The van der Waals surface area contributed by atoms with Crippen molar-refractivity contribution >= 4 is 11.0 Å². The molecule has 2 aromatic heterocycles. The number of aryl methyl sites for hydroxylation is 1. The maximum Gasteiger partial charge on any atom is 0.223 e. The third-order valence-corrected chi connectivity index (χ3v) is 2.88. The van der Waals surface area contributed by atoms with Crippen LogP contribution >= 0.6 is 0 Å².